The normalized spacial score (nSPS) is 11.7. The Morgan fingerprint density at radius 1 is 0.944 bits per heavy atom. The standard InChI is InChI=1S/C29H33ClN2O3S/c1-21(2)31-29(34)27(17-22-8-5-4-6-9-22)32(18-24-10-7-11-25(30)16-24)28(33)20-36-19-23-12-14-26(35-3)15-13-23/h4-16,21,27H,17-20H2,1-3H3,(H,31,34)/t27-/m1/s1. The van der Waals surface area contributed by atoms with Crippen LogP contribution in [0.4, 0.5) is 0 Å². The number of hydrogen-bond acceptors (Lipinski definition) is 4. The molecule has 0 saturated heterocycles. The molecule has 36 heavy (non-hydrogen) atoms. The number of hydrogen-bond donors (Lipinski definition) is 1. The number of carbonyl (C=O) groups excluding carboxylic acids is 2. The lowest BCUT2D eigenvalue weighted by Gasteiger charge is -2.32. The number of halogens is 1. The number of benzene rings is 3. The Balaban J connectivity index is 1.82. The van der Waals surface area contributed by atoms with Gasteiger partial charge in [-0.25, -0.2) is 0 Å². The molecule has 7 heteroatoms. The van der Waals surface area contributed by atoms with Gasteiger partial charge in [0.2, 0.25) is 11.8 Å². The first-order valence-electron chi connectivity index (χ1n) is 11.9. The summed E-state index contributed by atoms with van der Waals surface area (Å²) in [6.45, 7) is 4.14. The molecular formula is C29H33ClN2O3S. The predicted octanol–water partition coefficient (Wildman–Crippen LogP) is 5.75. The van der Waals surface area contributed by atoms with E-state index in [1.165, 1.54) is 11.8 Å². The van der Waals surface area contributed by atoms with Gasteiger partial charge in [0, 0.05) is 29.8 Å². The maximum Gasteiger partial charge on any atom is 0.243 e. The zero-order valence-corrected chi connectivity index (χ0v) is 22.5. The highest BCUT2D eigenvalue weighted by Gasteiger charge is 2.30. The van der Waals surface area contributed by atoms with Crippen LogP contribution in [0.1, 0.15) is 30.5 Å². The Morgan fingerprint density at radius 3 is 2.28 bits per heavy atom. The average Bonchev–Trinajstić information content (AvgIpc) is 2.86. The molecule has 1 atom stereocenters. The van der Waals surface area contributed by atoms with Gasteiger partial charge >= 0.3 is 0 Å². The maximum absolute atomic E-state index is 13.6. The van der Waals surface area contributed by atoms with Crippen molar-refractivity contribution in [3.05, 3.63) is 101 Å². The van der Waals surface area contributed by atoms with Gasteiger partial charge in [0.05, 0.1) is 12.9 Å². The Kier molecular flexibility index (Phi) is 10.7. The molecule has 190 valence electrons. The third kappa shape index (κ3) is 8.61. The van der Waals surface area contributed by atoms with Crippen LogP contribution in [-0.4, -0.2) is 41.7 Å². The van der Waals surface area contributed by atoms with Crippen LogP contribution in [0.25, 0.3) is 0 Å². The molecule has 3 rings (SSSR count). The second-order valence-electron chi connectivity index (χ2n) is 8.86. The topological polar surface area (TPSA) is 58.6 Å². The van der Waals surface area contributed by atoms with Gasteiger partial charge in [-0.2, -0.15) is 0 Å². The summed E-state index contributed by atoms with van der Waals surface area (Å²) in [6, 6.07) is 24.3. The van der Waals surface area contributed by atoms with Gasteiger partial charge < -0.3 is 15.0 Å². The fourth-order valence-corrected chi connectivity index (χ4v) is 4.91. The van der Waals surface area contributed by atoms with Crippen LogP contribution in [0.3, 0.4) is 0 Å². The quantitative estimate of drug-likeness (QED) is 0.328. The van der Waals surface area contributed by atoms with E-state index in [1.807, 2.05) is 86.6 Å². The molecule has 1 N–H and O–H groups in total. The molecule has 0 aliphatic heterocycles. The molecule has 0 heterocycles. The lowest BCUT2D eigenvalue weighted by molar-refractivity contribution is -0.139. The molecule has 0 saturated carbocycles. The van der Waals surface area contributed by atoms with Crippen molar-refractivity contribution >= 4 is 35.2 Å². The number of nitrogens with one attached hydrogen (secondary N) is 1. The summed E-state index contributed by atoms with van der Waals surface area (Å²) < 4.78 is 5.22. The van der Waals surface area contributed by atoms with E-state index < -0.39 is 6.04 Å². The van der Waals surface area contributed by atoms with Crippen molar-refractivity contribution < 1.29 is 14.3 Å². The minimum atomic E-state index is -0.650. The first-order valence-corrected chi connectivity index (χ1v) is 13.5. The van der Waals surface area contributed by atoms with E-state index in [0.29, 0.717) is 23.7 Å². The van der Waals surface area contributed by atoms with Crippen molar-refractivity contribution in [2.75, 3.05) is 12.9 Å². The van der Waals surface area contributed by atoms with E-state index in [0.717, 1.165) is 22.4 Å². The molecule has 0 bridgehead atoms. The minimum absolute atomic E-state index is 0.0386. The second-order valence-corrected chi connectivity index (χ2v) is 10.3. The average molecular weight is 525 g/mol. The van der Waals surface area contributed by atoms with Gasteiger partial charge in [-0.1, -0.05) is 66.2 Å². The van der Waals surface area contributed by atoms with Crippen LogP contribution in [0.2, 0.25) is 5.02 Å². The number of amides is 2. The molecule has 5 nitrogen and oxygen atoms in total. The summed E-state index contributed by atoms with van der Waals surface area (Å²) in [7, 11) is 1.64. The number of carbonyl (C=O) groups is 2. The van der Waals surface area contributed by atoms with Crippen LogP contribution in [0.5, 0.6) is 5.75 Å². The summed E-state index contributed by atoms with van der Waals surface area (Å²) in [4.78, 5) is 28.7. The molecule has 3 aromatic carbocycles. The van der Waals surface area contributed by atoms with E-state index in [1.54, 1.807) is 18.1 Å². The summed E-state index contributed by atoms with van der Waals surface area (Å²) in [5.74, 6) is 1.49. The van der Waals surface area contributed by atoms with Crippen molar-refractivity contribution in [1.82, 2.24) is 10.2 Å². The third-order valence-electron chi connectivity index (χ3n) is 5.60. The monoisotopic (exact) mass is 524 g/mol. The molecule has 0 unspecified atom stereocenters. The predicted molar refractivity (Wildman–Crippen MR) is 148 cm³/mol. The zero-order valence-electron chi connectivity index (χ0n) is 20.9. The molecule has 0 spiro atoms. The first-order chi connectivity index (χ1) is 17.4. The molecule has 0 aromatic heterocycles. The fraction of sp³-hybridized carbons (Fsp3) is 0.310. The molecule has 0 aliphatic carbocycles. The van der Waals surface area contributed by atoms with Crippen LogP contribution in [-0.2, 0) is 28.3 Å². The van der Waals surface area contributed by atoms with Crippen LogP contribution in [0, 0.1) is 0 Å². The van der Waals surface area contributed by atoms with E-state index in [9.17, 15) is 9.59 Å². The maximum atomic E-state index is 13.6. The lowest BCUT2D eigenvalue weighted by atomic mass is 10.0. The van der Waals surface area contributed by atoms with E-state index in [2.05, 4.69) is 5.32 Å². The van der Waals surface area contributed by atoms with Gasteiger partial charge in [-0.05, 0) is 54.8 Å². The molecular weight excluding hydrogens is 492 g/mol. The molecule has 0 fully saturated rings. The van der Waals surface area contributed by atoms with Crippen LogP contribution in [0.15, 0.2) is 78.9 Å². The van der Waals surface area contributed by atoms with Gasteiger partial charge in [0.25, 0.3) is 0 Å². The minimum Gasteiger partial charge on any atom is -0.497 e. The summed E-state index contributed by atoms with van der Waals surface area (Å²) in [6.07, 6.45) is 0.425. The smallest absolute Gasteiger partial charge is 0.243 e. The molecule has 3 aromatic rings. The Morgan fingerprint density at radius 2 is 1.64 bits per heavy atom. The van der Waals surface area contributed by atoms with Gasteiger partial charge in [-0.15, -0.1) is 11.8 Å². The largest absolute Gasteiger partial charge is 0.497 e. The van der Waals surface area contributed by atoms with E-state index >= 15 is 0 Å². The highest BCUT2D eigenvalue weighted by atomic mass is 35.5. The van der Waals surface area contributed by atoms with Crippen molar-refractivity contribution in [1.29, 1.82) is 0 Å². The van der Waals surface area contributed by atoms with Crippen LogP contribution < -0.4 is 10.1 Å². The SMILES string of the molecule is COc1ccc(CSCC(=O)N(Cc2cccc(Cl)c2)[C@H](Cc2ccccc2)C(=O)NC(C)C)cc1. The number of rotatable bonds is 12. The van der Waals surface area contributed by atoms with Gasteiger partial charge in [-0.3, -0.25) is 9.59 Å². The molecule has 0 aliphatic rings. The van der Waals surface area contributed by atoms with Crippen molar-refractivity contribution in [2.45, 2.75) is 44.6 Å². The summed E-state index contributed by atoms with van der Waals surface area (Å²) in [5, 5.41) is 3.61. The third-order valence-corrected chi connectivity index (χ3v) is 6.82. The Bertz CT molecular complexity index is 1120. The van der Waals surface area contributed by atoms with E-state index in [-0.39, 0.29) is 23.6 Å². The summed E-state index contributed by atoms with van der Waals surface area (Å²) >= 11 is 7.76. The van der Waals surface area contributed by atoms with Gasteiger partial charge in [0.15, 0.2) is 0 Å². The lowest BCUT2D eigenvalue weighted by Crippen LogP contribution is -2.52. The number of methoxy groups -OCH3 is 1. The van der Waals surface area contributed by atoms with Gasteiger partial charge in [0.1, 0.15) is 11.8 Å². The first kappa shape index (κ1) is 27.6. The van der Waals surface area contributed by atoms with Crippen molar-refractivity contribution in [2.24, 2.45) is 0 Å². The highest BCUT2D eigenvalue weighted by Crippen LogP contribution is 2.21. The number of nitrogens with zero attached hydrogens (tertiary/aromatic N) is 1. The Labute approximate surface area is 223 Å². The van der Waals surface area contributed by atoms with Crippen molar-refractivity contribution in [3.8, 4) is 5.75 Å². The highest BCUT2D eigenvalue weighted by molar-refractivity contribution is 7.99. The molecule has 0 radical (unpaired) electrons. The number of thioether (sulfide) groups is 1. The van der Waals surface area contributed by atoms with Crippen molar-refractivity contribution in [3.63, 3.8) is 0 Å². The van der Waals surface area contributed by atoms with E-state index in [4.69, 9.17) is 16.3 Å². The zero-order chi connectivity index (χ0) is 25.9. The second kappa shape index (κ2) is 14.0. The fourth-order valence-electron chi connectivity index (χ4n) is 3.83. The summed E-state index contributed by atoms with van der Waals surface area (Å²) in [5.41, 5.74) is 2.98. The molecule has 2 amide bonds. The number of ether oxygens (including phenoxy) is 1. The van der Waals surface area contributed by atoms with Crippen LogP contribution >= 0.6 is 23.4 Å². The Hall–Kier alpha value is -2.96.